The van der Waals surface area contributed by atoms with Crippen molar-refractivity contribution >= 4 is 23.9 Å². The zero-order chi connectivity index (χ0) is 14.4. The van der Waals surface area contributed by atoms with Gasteiger partial charge in [0.25, 0.3) is 5.91 Å². The van der Waals surface area contributed by atoms with Crippen molar-refractivity contribution in [2.45, 2.75) is 4.90 Å². The Morgan fingerprint density at radius 1 is 1.20 bits per heavy atom. The average Bonchev–Trinajstić information content (AvgIpc) is 2.48. The van der Waals surface area contributed by atoms with Gasteiger partial charge in [-0.3, -0.25) is 4.79 Å². The molecule has 2 aromatic rings. The van der Waals surface area contributed by atoms with Crippen molar-refractivity contribution in [3.05, 3.63) is 65.5 Å². The second kappa shape index (κ2) is 6.86. The molecule has 0 heterocycles. The SMILES string of the molecule is CSc1ccc(C=NNC(=O)c2ccccc2F)cc1. The average molecular weight is 288 g/mol. The van der Waals surface area contributed by atoms with Gasteiger partial charge in [-0.2, -0.15) is 5.10 Å². The molecule has 2 aromatic carbocycles. The fourth-order valence-corrected chi connectivity index (χ4v) is 1.97. The number of thioether (sulfide) groups is 1. The van der Waals surface area contributed by atoms with Crippen LogP contribution in [-0.2, 0) is 0 Å². The fraction of sp³-hybridized carbons (Fsp3) is 0.0667. The summed E-state index contributed by atoms with van der Waals surface area (Å²) in [4.78, 5) is 12.8. The Morgan fingerprint density at radius 3 is 2.55 bits per heavy atom. The number of hydrogen-bond acceptors (Lipinski definition) is 3. The molecular weight excluding hydrogens is 275 g/mol. The second-order valence-corrected chi connectivity index (χ2v) is 4.83. The Hall–Kier alpha value is -2.14. The molecule has 0 bridgehead atoms. The maximum Gasteiger partial charge on any atom is 0.274 e. The molecule has 5 heteroatoms. The molecule has 2 rings (SSSR count). The van der Waals surface area contributed by atoms with Crippen LogP contribution in [0.1, 0.15) is 15.9 Å². The lowest BCUT2D eigenvalue weighted by Gasteiger charge is -2.01. The highest BCUT2D eigenvalue weighted by molar-refractivity contribution is 7.98. The van der Waals surface area contributed by atoms with E-state index < -0.39 is 11.7 Å². The van der Waals surface area contributed by atoms with Crippen LogP contribution in [0.4, 0.5) is 4.39 Å². The summed E-state index contributed by atoms with van der Waals surface area (Å²) in [5.41, 5.74) is 3.13. The van der Waals surface area contributed by atoms with E-state index in [4.69, 9.17) is 0 Å². The molecule has 20 heavy (non-hydrogen) atoms. The van der Waals surface area contributed by atoms with Gasteiger partial charge in [0.1, 0.15) is 5.82 Å². The third kappa shape index (κ3) is 3.68. The molecule has 0 aromatic heterocycles. The number of benzene rings is 2. The first-order valence-corrected chi connectivity index (χ1v) is 7.15. The molecular formula is C15H13FN2OS. The first-order valence-electron chi connectivity index (χ1n) is 5.92. The lowest BCUT2D eigenvalue weighted by Crippen LogP contribution is -2.18. The topological polar surface area (TPSA) is 41.5 Å². The summed E-state index contributed by atoms with van der Waals surface area (Å²) in [6.07, 6.45) is 3.51. The molecule has 0 saturated heterocycles. The van der Waals surface area contributed by atoms with Crippen LogP contribution in [0.2, 0.25) is 0 Å². The predicted molar refractivity (Wildman–Crippen MR) is 79.7 cm³/mol. The number of carbonyl (C=O) groups is 1. The third-order valence-electron chi connectivity index (χ3n) is 2.61. The Bertz CT molecular complexity index is 626. The van der Waals surface area contributed by atoms with Gasteiger partial charge >= 0.3 is 0 Å². The zero-order valence-electron chi connectivity index (χ0n) is 10.8. The van der Waals surface area contributed by atoms with Crippen molar-refractivity contribution in [2.75, 3.05) is 6.26 Å². The van der Waals surface area contributed by atoms with E-state index in [-0.39, 0.29) is 5.56 Å². The van der Waals surface area contributed by atoms with Gasteiger partial charge in [0.2, 0.25) is 0 Å². The van der Waals surface area contributed by atoms with Crippen LogP contribution in [0.5, 0.6) is 0 Å². The molecule has 0 saturated carbocycles. The van der Waals surface area contributed by atoms with Crippen LogP contribution in [-0.4, -0.2) is 18.4 Å². The van der Waals surface area contributed by atoms with E-state index >= 15 is 0 Å². The number of carbonyl (C=O) groups excluding carboxylic acids is 1. The van der Waals surface area contributed by atoms with E-state index in [0.717, 1.165) is 10.5 Å². The molecule has 0 aliphatic rings. The maximum absolute atomic E-state index is 13.4. The number of nitrogens with zero attached hydrogens (tertiary/aromatic N) is 1. The van der Waals surface area contributed by atoms with Gasteiger partial charge in [0.15, 0.2) is 0 Å². The van der Waals surface area contributed by atoms with Gasteiger partial charge in [-0.05, 0) is 36.1 Å². The van der Waals surface area contributed by atoms with Crippen LogP contribution >= 0.6 is 11.8 Å². The van der Waals surface area contributed by atoms with Crippen molar-refractivity contribution in [3.8, 4) is 0 Å². The predicted octanol–water partition coefficient (Wildman–Crippen LogP) is 3.31. The van der Waals surface area contributed by atoms with E-state index in [2.05, 4.69) is 10.5 Å². The van der Waals surface area contributed by atoms with E-state index in [1.807, 2.05) is 30.5 Å². The third-order valence-corrected chi connectivity index (χ3v) is 3.36. The molecule has 0 aliphatic heterocycles. The first kappa shape index (κ1) is 14.3. The van der Waals surface area contributed by atoms with Crippen LogP contribution in [0.25, 0.3) is 0 Å². The van der Waals surface area contributed by atoms with Gasteiger partial charge in [0, 0.05) is 4.90 Å². The molecule has 1 N–H and O–H groups in total. The molecule has 0 radical (unpaired) electrons. The number of hydrazone groups is 1. The minimum absolute atomic E-state index is 0.0256. The van der Waals surface area contributed by atoms with Gasteiger partial charge in [-0.15, -0.1) is 11.8 Å². The maximum atomic E-state index is 13.4. The lowest BCUT2D eigenvalue weighted by molar-refractivity contribution is 0.0951. The molecule has 0 fully saturated rings. The molecule has 0 aliphatic carbocycles. The number of hydrogen-bond donors (Lipinski definition) is 1. The summed E-state index contributed by atoms with van der Waals surface area (Å²) in [7, 11) is 0. The quantitative estimate of drug-likeness (QED) is 0.533. The van der Waals surface area contributed by atoms with Crippen molar-refractivity contribution in [2.24, 2.45) is 5.10 Å². The molecule has 102 valence electrons. The van der Waals surface area contributed by atoms with Crippen molar-refractivity contribution in [1.29, 1.82) is 0 Å². The van der Waals surface area contributed by atoms with Crippen LogP contribution in [0, 0.1) is 5.82 Å². The highest BCUT2D eigenvalue weighted by atomic mass is 32.2. The Labute approximate surface area is 120 Å². The van der Waals surface area contributed by atoms with E-state index in [1.54, 1.807) is 17.8 Å². The minimum Gasteiger partial charge on any atom is -0.267 e. The first-order chi connectivity index (χ1) is 9.70. The highest BCUT2D eigenvalue weighted by Crippen LogP contribution is 2.13. The molecule has 0 spiro atoms. The van der Waals surface area contributed by atoms with Crippen LogP contribution < -0.4 is 5.43 Å². The number of rotatable bonds is 4. The van der Waals surface area contributed by atoms with E-state index in [1.165, 1.54) is 24.4 Å². The Balaban J connectivity index is 1.99. The monoisotopic (exact) mass is 288 g/mol. The smallest absolute Gasteiger partial charge is 0.267 e. The second-order valence-electron chi connectivity index (χ2n) is 3.95. The normalized spacial score (nSPS) is 10.7. The Morgan fingerprint density at radius 2 is 1.90 bits per heavy atom. The zero-order valence-corrected chi connectivity index (χ0v) is 11.7. The fourth-order valence-electron chi connectivity index (χ4n) is 1.56. The van der Waals surface area contributed by atoms with Crippen LogP contribution in [0.3, 0.4) is 0 Å². The van der Waals surface area contributed by atoms with Gasteiger partial charge in [0.05, 0.1) is 11.8 Å². The van der Waals surface area contributed by atoms with Crippen molar-refractivity contribution in [3.63, 3.8) is 0 Å². The summed E-state index contributed by atoms with van der Waals surface area (Å²) >= 11 is 1.65. The van der Waals surface area contributed by atoms with E-state index in [9.17, 15) is 9.18 Å². The minimum atomic E-state index is -0.569. The largest absolute Gasteiger partial charge is 0.274 e. The summed E-state index contributed by atoms with van der Waals surface area (Å²) < 4.78 is 13.4. The lowest BCUT2D eigenvalue weighted by atomic mass is 10.2. The Kier molecular flexibility index (Phi) is 4.90. The van der Waals surface area contributed by atoms with Gasteiger partial charge in [-0.25, -0.2) is 9.82 Å². The molecule has 1 amide bonds. The van der Waals surface area contributed by atoms with Crippen molar-refractivity contribution < 1.29 is 9.18 Å². The summed E-state index contributed by atoms with van der Waals surface area (Å²) in [6, 6.07) is 13.5. The van der Waals surface area contributed by atoms with Gasteiger partial charge < -0.3 is 0 Å². The summed E-state index contributed by atoms with van der Waals surface area (Å²) in [6.45, 7) is 0. The standard InChI is InChI=1S/C15H13FN2OS/c1-20-12-8-6-11(7-9-12)10-17-18-15(19)13-4-2-3-5-14(13)16/h2-10H,1H3,(H,18,19). The van der Waals surface area contributed by atoms with E-state index in [0.29, 0.717) is 0 Å². The highest BCUT2D eigenvalue weighted by Gasteiger charge is 2.08. The van der Waals surface area contributed by atoms with Crippen molar-refractivity contribution in [1.82, 2.24) is 5.43 Å². The number of halogens is 1. The molecule has 3 nitrogen and oxygen atoms in total. The van der Waals surface area contributed by atoms with Crippen LogP contribution in [0.15, 0.2) is 58.5 Å². The molecule has 0 atom stereocenters. The summed E-state index contributed by atoms with van der Waals surface area (Å²) in [5.74, 6) is -1.13. The summed E-state index contributed by atoms with van der Waals surface area (Å²) in [5, 5.41) is 3.82. The van der Waals surface area contributed by atoms with Gasteiger partial charge in [-0.1, -0.05) is 24.3 Å². The molecule has 0 unspecified atom stereocenters. The number of amides is 1. The number of nitrogens with one attached hydrogen (secondary N) is 1.